The molecule has 0 aliphatic heterocycles. The van der Waals surface area contributed by atoms with Crippen LogP contribution in [-0.2, 0) is 6.42 Å². The summed E-state index contributed by atoms with van der Waals surface area (Å²) in [6, 6.07) is 7.97. The van der Waals surface area contributed by atoms with Crippen molar-refractivity contribution in [2.75, 3.05) is 6.61 Å². The van der Waals surface area contributed by atoms with Crippen molar-refractivity contribution in [1.29, 1.82) is 0 Å². The fourth-order valence-corrected chi connectivity index (χ4v) is 5.87. The highest BCUT2D eigenvalue weighted by Gasteiger charge is 2.59. The van der Waals surface area contributed by atoms with Crippen LogP contribution in [0.4, 0.5) is 13.2 Å². The minimum atomic E-state index is -5.18. The van der Waals surface area contributed by atoms with Crippen molar-refractivity contribution in [2.45, 2.75) is 66.3 Å². The first kappa shape index (κ1) is 37.0. The topological polar surface area (TPSA) is 134 Å². The lowest BCUT2D eigenvalue weighted by atomic mass is 10.0. The largest absolute Gasteiger partial charge is 0.507 e. The predicted molar refractivity (Wildman–Crippen MR) is 171 cm³/mol. The SMILES string of the molecule is CCCc1c(OCCC/C=C\C=C\[C@H](Sc2ccc3c(=O)cc(C(=O)O)oc3c2)[C@@H](O)C(Cl)(Cl)C(F)(F)F)ccc(C(C)=O)c1O. The maximum atomic E-state index is 13.6. The summed E-state index contributed by atoms with van der Waals surface area (Å²) in [6.07, 6.45) is 0.789. The number of carboxylic acid groups (broad SMARTS) is 1. The lowest BCUT2D eigenvalue weighted by Crippen LogP contribution is -2.49. The number of fused-ring (bicyclic) bond motifs is 1. The van der Waals surface area contributed by atoms with Crippen molar-refractivity contribution in [3.63, 3.8) is 0 Å². The summed E-state index contributed by atoms with van der Waals surface area (Å²) >= 11 is 11.9. The van der Waals surface area contributed by atoms with Crippen molar-refractivity contribution < 1.29 is 47.2 Å². The molecular formula is C32H31Cl2F3O8S. The van der Waals surface area contributed by atoms with Crippen LogP contribution in [0.1, 0.15) is 59.6 Å². The standard InChI is InChI=1S/C32H31Cl2F3O8S/c1-3-9-22-24(14-13-20(18(2)38)28(22)40)44-15-8-6-4-5-7-10-27(29(41)31(33,34)32(35,36)37)46-19-11-12-21-23(39)17-26(30(42)43)45-25(21)16-19/h4-5,7,10-14,16-17,27,29,40-41H,3,6,8-9,15H2,1-2H3,(H,42,43)/b5-4-,10-7+/t27-,29+/m0/s1. The molecule has 0 unspecified atom stereocenters. The first-order valence-electron chi connectivity index (χ1n) is 14.0. The molecule has 2 atom stereocenters. The van der Waals surface area contributed by atoms with E-state index >= 15 is 0 Å². The average molecular weight is 704 g/mol. The third-order valence-corrected chi connectivity index (χ3v) is 8.77. The number of carbonyl (C=O) groups is 2. The van der Waals surface area contributed by atoms with Crippen molar-refractivity contribution in [2.24, 2.45) is 0 Å². The van der Waals surface area contributed by atoms with Crippen LogP contribution >= 0.6 is 35.0 Å². The van der Waals surface area contributed by atoms with E-state index in [9.17, 15) is 42.9 Å². The number of unbranched alkanes of at least 4 members (excludes halogenated alkanes) is 1. The molecule has 1 heterocycles. The van der Waals surface area contributed by atoms with E-state index in [2.05, 4.69) is 0 Å². The first-order valence-corrected chi connectivity index (χ1v) is 15.6. The summed E-state index contributed by atoms with van der Waals surface area (Å²) in [4.78, 5) is 35.5. The number of carbonyl (C=O) groups excluding carboxylic acids is 1. The molecule has 0 bridgehead atoms. The Labute approximate surface area is 276 Å². The number of halogens is 5. The number of aromatic hydroxyl groups is 1. The predicted octanol–water partition coefficient (Wildman–Crippen LogP) is 7.88. The van der Waals surface area contributed by atoms with Crippen LogP contribution in [-0.4, -0.2) is 55.5 Å². The van der Waals surface area contributed by atoms with E-state index < -0.39 is 39.0 Å². The van der Waals surface area contributed by atoms with Crippen LogP contribution in [0, 0.1) is 0 Å². The number of Topliss-reactive ketones (excluding diaryl/α,β-unsaturated/α-hetero) is 1. The molecule has 0 amide bonds. The number of carboxylic acids is 1. The molecule has 0 fully saturated rings. The molecule has 0 saturated heterocycles. The zero-order valence-electron chi connectivity index (χ0n) is 24.6. The van der Waals surface area contributed by atoms with Gasteiger partial charge in [0.05, 0.1) is 22.8 Å². The molecule has 0 spiro atoms. The smallest absolute Gasteiger partial charge is 0.424 e. The molecule has 46 heavy (non-hydrogen) atoms. The molecule has 2 aromatic carbocycles. The molecule has 0 radical (unpaired) electrons. The number of thioether (sulfide) groups is 1. The zero-order valence-corrected chi connectivity index (χ0v) is 27.0. The number of phenolic OH excluding ortho intramolecular Hbond substituents is 1. The van der Waals surface area contributed by atoms with Gasteiger partial charge in [-0.05, 0) is 56.5 Å². The number of benzene rings is 2. The minimum absolute atomic E-state index is 0.0553. The van der Waals surface area contributed by atoms with Gasteiger partial charge >= 0.3 is 12.1 Å². The van der Waals surface area contributed by atoms with Crippen LogP contribution in [0.25, 0.3) is 11.0 Å². The lowest BCUT2D eigenvalue weighted by Gasteiger charge is -2.31. The van der Waals surface area contributed by atoms with E-state index in [0.717, 1.165) is 24.2 Å². The minimum Gasteiger partial charge on any atom is -0.507 e. The molecular weight excluding hydrogens is 672 g/mol. The van der Waals surface area contributed by atoms with E-state index in [1.807, 2.05) is 6.92 Å². The quantitative estimate of drug-likeness (QED) is 0.0475. The normalized spacial score (nSPS) is 13.8. The molecule has 1 aromatic heterocycles. The van der Waals surface area contributed by atoms with Gasteiger partial charge in [0.25, 0.3) is 0 Å². The molecule has 8 nitrogen and oxygen atoms in total. The zero-order chi connectivity index (χ0) is 34.2. The second kappa shape index (κ2) is 15.9. The molecule has 0 aliphatic carbocycles. The third-order valence-electron chi connectivity index (χ3n) is 6.68. The van der Waals surface area contributed by atoms with Gasteiger partial charge in [0.15, 0.2) is 11.2 Å². The Kier molecular flexibility index (Phi) is 12.8. The van der Waals surface area contributed by atoms with Gasteiger partial charge in [-0.25, -0.2) is 4.79 Å². The van der Waals surface area contributed by atoms with E-state index in [0.29, 0.717) is 30.6 Å². The first-order chi connectivity index (χ1) is 21.6. The van der Waals surface area contributed by atoms with Gasteiger partial charge in [-0.2, -0.15) is 13.2 Å². The Morgan fingerprint density at radius 3 is 2.48 bits per heavy atom. The van der Waals surface area contributed by atoms with Gasteiger partial charge in [-0.1, -0.05) is 60.9 Å². The molecule has 3 N–H and O–H groups in total. The Balaban J connectivity index is 1.72. The number of ether oxygens (including phenoxy) is 1. The summed E-state index contributed by atoms with van der Waals surface area (Å²) in [6.45, 7) is 3.59. The van der Waals surface area contributed by atoms with Crippen LogP contribution in [0.2, 0.25) is 0 Å². The van der Waals surface area contributed by atoms with E-state index in [1.54, 1.807) is 18.2 Å². The number of aromatic carboxylic acids is 1. The highest BCUT2D eigenvalue weighted by Crippen LogP contribution is 2.46. The number of aliphatic hydroxyl groups is 1. The molecule has 0 aliphatic rings. The number of hydrogen-bond donors (Lipinski definition) is 3. The highest BCUT2D eigenvalue weighted by atomic mass is 35.5. The monoisotopic (exact) mass is 702 g/mol. The van der Waals surface area contributed by atoms with Crippen LogP contribution < -0.4 is 10.2 Å². The van der Waals surface area contributed by atoms with Gasteiger partial charge < -0.3 is 24.5 Å². The Morgan fingerprint density at radius 1 is 1.13 bits per heavy atom. The summed E-state index contributed by atoms with van der Waals surface area (Å²) in [5.41, 5.74) is 0.0489. The van der Waals surface area contributed by atoms with Crippen molar-refractivity contribution in [3.8, 4) is 11.5 Å². The van der Waals surface area contributed by atoms with Crippen molar-refractivity contribution >= 4 is 57.7 Å². The maximum absolute atomic E-state index is 13.6. The van der Waals surface area contributed by atoms with Gasteiger partial charge in [0.1, 0.15) is 23.2 Å². The van der Waals surface area contributed by atoms with E-state index in [1.165, 1.54) is 43.3 Å². The number of phenols is 1. The number of hydrogen-bond acceptors (Lipinski definition) is 8. The van der Waals surface area contributed by atoms with Crippen LogP contribution in [0.15, 0.2) is 74.8 Å². The Bertz CT molecular complexity index is 1680. The molecule has 248 valence electrons. The van der Waals surface area contributed by atoms with Gasteiger partial charge in [-0.15, -0.1) is 11.8 Å². The summed E-state index contributed by atoms with van der Waals surface area (Å²) < 4.78 is 48.2. The van der Waals surface area contributed by atoms with Gasteiger partial charge in [-0.3, -0.25) is 9.59 Å². The van der Waals surface area contributed by atoms with Crippen LogP contribution in [0.3, 0.4) is 0 Å². The number of ketones is 1. The second-order valence-electron chi connectivity index (χ2n) is 10.1. The number of allylic oxidation sites excluding steroid dienone is 3. The summed E-state index contributed by atoms with van der Waals surface area (Å²) in [7, 11) is 0. The highest BCUT2D eigenvalue weighted by molar-refractivity contribution is 8.00. The number of alkyl halides is 5. The summed E-state index contributed by atoms with van der Waals surface area (Å²) in [5, 5.41) is 29.0. The summed E-state index contributed by atoms with van der Waals surface area (Å²) in [5.74, 6) is -1.96. The fraction of sp³-hybridized carbons (Fsp3) is 0.344. The molecule has 0 saturated carbocycles. The van der Waals surface area contributed by atoms with Crippen molar-refractivity contribution in [3.05, 3.63) is 87.8 Å². The van der Waals surface area contributed by atoms with Gasteiger partial charge in [0, 0.05) is 16.5 Å². The van der Waals surface area contributed by atoms with E-state index in [-0.39, 0.29) is 39.6 Å². The molecule has 14 heteroatoms. The Morgan fingerprint density at radius 2 is 1.85 bits per heavy atom. The third kappa shape index (κ3) is 9.09. The average Bonchev–Trinajstić information content (AvgIpc) is 2.98. The van der Waals surface area contributed by atoms with Crippen molar-refractivity contribution in [1.82, 2.24) is 0 Å². The molecule has 3 aromatic rings. The number of aliphatic hydroxyl groups excluding tert-OH is 1. The van der Waals surface area contributed by atoms with E-state index in [4.69, 9.17) is 32.4 Å². The fourth-order valence-electron chi connectivity index (χ4n) is 4.31. The van der Waals surface area contributed by atoms with Gasteiger partial charge in [0.2, 0.25) is 10.1 Å². The van der Waals surface area contributed by atoms with Crippen LogP contribution in [0.5, 0.6) is 11.5 Å². The Hall–Kier alpha value is -3.45. The maximum Gasteiger partial charge on any atom is 0.424 e. The number of rotatable bonds is 15. The molecule has 3 rings (SSSR count). The second-order valence-corrected chi connectivity index (χ2v) is 12.8. The lowest BCUT2D eigenvalue weighted by molar-refractivity contribution is -0.160.